The molecule has 25 heavy (non-hydrogen) atoms. The van der Waals surface area contributed by atoms with Crippen LogP contribution in [0.25, 0.3) is 0 Å². The molecule has 7 heteroatoms. The van der Waals surface area contributed by atoms with Crippen LogP contribution in [0, 0.1) is 0 Å². The predicted octanol–water partition coefficient (Wildman–Crippen LogP) is 1.87. The van der Waals surface area contributed by atoms with Crippen molar-refractivity contribution in [2.75, 3.05) is 27.2 Å². The number of guanidine groups is 1. The minimum atomic E-state index is 0.517. The average Bonchev–Trinajstić information content (AvgIpc) is 3.32. The van der Waals surface area contributed by atoms with Gasteiger partial charge in [0.1, 0.15) is 12.1 Å². The van der Waals surface area contributed by atoms with Crippen LogP contribution in [0.2, 0.25) is 0 Å². The Morgan fingerprint density at radius 3 is 2.84 bits per heavy atom. The lowest BCUT2D eigenvalue weighted by atomic mass is 9.98. The van der Waals surface area contributed by atoms with E-state index in [1.54, 1.807) is 13.4 Å². The van der Waals surface area contributed by atoms with Crippen LogP contribution >= 0.6 is 0 Å². The van der Waals surface area contributed by atoms with E-state index in [0.29, 0.717) is 12.5 Å². The van der Waals surface area contributed by atoms with Crippen molar-refractivity contribution in [2.24, 2.45) is 4.99 Å². The molecule has 1 aromatic heterocycles. The van der Waals surface area contributed by atoms with Gasteiger partial charge in [0.05, 0.1) is 13.7 Å². The highest BCUT2D eigenvalue weighted by molar-refractivity contribution is 5.80. The minimum Gasteiger partial charge on any atom is -0.497 e. The maximum Gasteiger partial charge on any atom is 0.194 e. The molecule has 1 N–H and O–H groups in total. The van der Waals surface area contributed by atoms with E-state index in [-0.39, 0.29) is 0 Å². The normalized spacial score (nSPS) is 17.8. The van der Waals surface area contributed by atoms with Crippen LogP contribution in [0.5, 0.6) is 5.75 Å². The molecule has 1 aliphatic rings. The van der Waals surface area contributed by atoms with Gasteiger partial charge >= 0.3 is 0 Å². The van der Waals surface area contributed by atoms with Gasteiger partial charge in [-0.1, -0.05) is 12.1 Å². The second-order valence-electron chi connectivity index (χ2n) is 6.14. The van der Waals surface area contributed by atoms with Crippen LogP contribution in [0.1, 0.15) is 30.7 Å². The SMILES string of the molecule is CCn1cnnc1CNC(=NC)N1CCC(c2ccc(OC)cc2)C1. The fraction of sp³-hybridized carbons (Fsp3) is 0.500. The monoisotopic (exact) mass is 342 g/mol. The number of aliphatic imine (C=N–C) groups is 1. The van der Waals surface area contributed by atoms with Crippen LogP contribution in [0.4, 0.5) is 0 Å². The molecule has 1 atom stereocenters. The summed E-state index contributed by atoms with van der Waals surface area (Å²) in [5.74, 6) is 3.26. The lowest BCUT2D eigenvalue weighted by Gasteiger charge is -2.21. The summed E-state index contributed by atoms with van der Waals surface area (Å²) in [6.07, 6.45) is 2.88. The molecule has 0 bridgehead atoms. The maximum atomic E-state index is 5.24. The summed E-state index contributed by atoms with van der Waals surface area (Å²) < 4.78 is 7.27. The van der Waals surface area contributed by atoms with Crippen molar-refractivity contribution in [3.63, 3.8) is 0 Å². The van der Waals surface area contributed by atoms with Crippen molar-refractivity contribution in [1.29, 1.82) is 0 Å². The highest BCUT2D eigenvalue weighted by atomic mass is 16.5. The summed E-state index contributed by atoms with van der Waals surface area (Å²) in [4.78, 5) is 6.74. The molecule has 134 valence electrons. The molecule has 0 aliphatic carbocycles. The van der Waals surface area contributed by atoms with Gasteiger partial charge in [0, 0.05) is 32.6 Å². The maximum absolute atomic E-state index is 5.24. The number of benzene rings is 1. The molecule has 7 nitrogen and oxygen atoms in total. The largest absolute Gasteiger partial charge is 0.497 e. The summed E-state index contributed by atoms with van der Waals surface area (Å²) >= 11 is 0. The van der Waals surface area contributed by atoms with Gasteiger partial charge in [-0.05, 0) is 31.0 Å². The Hall–Kier alpha value is -2.57. The van der Waals surface area contributed by atoms with Gasteiger partial charge in [-0.2, -0.15) is 0 Å². The van der Waals surface area contributed by atoms with E-state index in [1.165, 1.54) is 5.56 Å². The Morgan fingerprint density at radius 2 is 2.16 bits per heavy atom. The van der Waals surface area contributed by atoms with E-state index < -0.39 is 0 Å². The van der Waals surface area contributed by atoms with E-state index in [2.05, 4.69) is 44.5 Å². The van der Waals surface area contributed by atoms with Gasteiger partial charge in [-0.3, -0.25) is 4.99 Å². The Morgan fingerprint density at radius 1 is 1.36 bits per heavy atom. The van der Waals surface area contributed by atoms with Crippen molar-refractivity contribution >= 4 is 5.96 Å². The lowest BCUT2D eigenvalue weighted by molar-refractivity contribution is 0.414. The Kier molecular flexibility index (Phi) is 5.53. The van der Waals surface area contributed by atoms with Crippen LogP contribution in [-0.4, -0.2) is 52.9 Å². The van der Waals surface area contributed by atoms with Gasteiger partial charge < -0.3 is 19.5 Å². The Balaban J connectivity index is 1.59. The first-order valence-electron chi connectivity index (χ1n) is 8.71. The third kappa shape index (κ3) is 3.92. The Labute approximate surface area is 148 Å². The van der Waals surface area contributed by atoms with Crippen molar-refractivity contribution in [3.8, 4) is 5.75 Å². The van der Waals surface area contributed by atoms with Crippen molar-refractivity contribution in [2.45, 2.75) is 32.4 Å². The van der Waals surface area contributed by atoms with Crippen molar-refractivity contribution in [1.82, 2.24) is 25.0 Å². The topological polar surface area (TPSA) is 67.6 Å². The molecule has 1 fully saturated rings. The third-order valence-electron chi connectivity index (χ3n) is 4.73. The third-order valence-corrected chi connectivity index (χ3v) is 4.73. The fourth-order valence-electron chi connectivity index (χ4n) is 3.27. The number of rotatable bonds is 5. The van der Waals surface area contributed by atoms with E-state index in [9.17, 15) is 0 Å². The highest BCUT2D eigenvalue weighted by Crippen LogP contribution is 2.28. The zero-order valence-electron chi connectivity index (χ0n) is 15.1. The quantitative estimate of drug-likeness (QED) is 0.664. The highest BCUT2D eigenvalue weighted by Gasteiger charge is 2.26. The van der Waals surface area contributed by atoms with Crippen LogP contribution in [0.3, 0.4) is 0 Å². The molecule has 0 spiro atoms. The summed E-state index contributed by atoms with van der Waals surface area (Å²) in [5, 5.41) is 11.5. The molecule has 0 amide bonds. The number of likely N-dealkylation sites (tertiary alicyclic amines) is 1. The van der Waals surface area contributed by atoms with Crippen LogP contribution in [0.15, 0.2) is 35.6 Å². The molecule has 1 saturated heterocycles. The Bertz CT molecular complexity index is 709. The first kappa shape index (κ1) is 17.3. The number of aromatic nitrogens is 3. The van der Waals surface area contributed by atoms with E-state index in [4.69, 9.17) is 4.74 Å². The van der Waals surface area contributed by atoms with E-state index in [0.717, 1.165) is 43.6 Å². The zero-order valence-corrected chi connectivity index (χ0v) is 15.1. The number of ether oxygens (including phenoxy) is 1. The summed E-state index contributed by atoms with van der Waals surface area (Å²) in [6, 6.07) is 8.38. The summed E-state index contributed by atoms with van der Waals surface area (Å²) in [7, 11) is 3.52. The molecule has 2 aromatic rings. The van der Waals surface area contributed by atoms with Gasteiger partial charge in [-0.25, -0.2) is 0 Å². The molecule has 1 unspecified atom stereocenters. The molecule has 0 radical (unpaired) electrons. The van der Waals surface area contributed by atoms with Crippen LogP contribution < -0.4 is 10.1 Å². The lowest BCUT2D eigenvalue weighted by Crippen LogP contribution is -2.40. The minimum absolute atomic E-state index is 0.517. The fourth-order valence-corrected chi connectivity index (χ4v) is 3.27. The number of aryl methyl sites for hydroxylation is 1. The average molecular weight is 342 g/mol. The summed E-state index contributed by atoms with van der Waals surface area (Å²) in [6.45, 7) is 5.54. The zero-order chi connectivity index (χ0) is 17.6. The second kappa shape index (κ2) is 8.00. The standard InChI is InChI=1S/C18H26N6O/c1-4-23-13-21-22-17(23)11-20-18(19-2)24-10-9-15(12-24)14-5-7-16(25-3)8-6-14/h5-8,13,15H,4,9-12H2,1-3H3,(H,19,20). The smallest absolute Gasteiger partial charge is 0.194 e. The molecule has 3 rings (SSSR count). The predicted molar refractivity (Wildman–Crippen MR) is 97.8 cm³/mol. The van der Waals surface area contributed by atoms with Gasteiger partial charge in [0.2, 0.25) is 0 Å². The molecular formula is C18H26N6O. The van der Waals surface area contributed by atoms with Gasteiger partial charge in [0.25, 0.3) is 0 Å². The first-order chi connectivity index (χ1) is 12.2. The number of hydrogen-bond donors (Lipinski definition) is 1. The second-order valence-corrected chi connectivity index (χ2v) is 6.14. The van der Waals surface area contributed by atoms with E-state index >= 15 is 0 Å². The molecular weight excluding hydrogens is 316 g/mol. The number of hydrogen-bond acceptors (Lipinski definition) is 4. The van der Waals surface area contributed by atoms with Gasteiger partial charge in [-0.15, -0.1) is 10.2 Å². The number of nitrogens with one attached hydrogen (secondary N) is 1. The van der Waals surface area contributed by atoms with Crippen LogP contribution in [-0.2, 0) is 13.1 Å². The van der Waals surface area contributed by atoms with Gasteiger partial charge in [0.15, 0.2) is 11.8 Å². The molecule has 1 aliphatic heterocycles. The first-order valence-corrected chi connectivity index (χ1v) is 8.71. The number of nitrogens with zero attached hydrogens (tertiary/aromatic N) is 5. The molecule has 1 aromatic carbocycles. The molecule has 2 heterocycles. The molecule has 0 saturated carbocycles. The summed E-state index contributed by atoms with van der Waals surface area (Å²) in [5.41, 5.74) is 1.35. The van der Waals surface area contributed by atoms with Crippen molar-refractivity contribution in [3.05, 3.63) is 42.0 Å². The van der Waals surface area contributed by atoms with E-state index in [1.807, 2.05) is 23.7 Å². The number of methoxy groups -OCH3 is 1. The van der Waals surface area contributed by atoms with Crippen molar-refractivity contribution < 1.29 is 4.74 Å².